The van der Waals surface area contributed by atoms with Gasteiger partial charge in [-0.2, -0.15) is 0 Å². The van der Waals surface area contributed by atoms with Crippen molar-refractivity contribution in [2.45, 2.75) is 43.8 Å². The van der Waals surface area contributed by atoms with Crippen LogP contribution in [0.3, 0.4) is 0 Å². The number of hydrogen-bond acceptors (Lipinski definition) is 5. The third kappa shape index (κ3) is 5.40. The summed E-state index contributed by atoms with van der Waals surface area (Å²) in [6.45, 7) is 0. The standard InChI is InChI=1S/C26H26F2N2O4/c1-30(18-7-4-16(27)5-8-18)26-21(10-9-19(31)13-20(32)14-24(33)34)25(15-2-3-15)29-23-11-6-17(28)12-22(23)26/h4-12,15,19-20,31-32H,2-3,13-14H2,1H3,(H,33,34)/b10-9+/t19-,20-/m1/s1. The molecule has 1 aromatic heterocycles. The Balaban J connectivity index is 1.81. The fraction of sp³-hybridized carbons (Fsp3) is 0.308. The van der Waals surface area contributed by atoms with Gasteiger partial charge in [-0.15, -0.1) is 0 Å². The number of aliphatic carboxylic acids is 1. The first-order chi connectivity index (χ1) is 16.2. The topological polar surface area (TPSA) is 93.9 Å². The Morgan fingerprint density at radius 3 is 2.47 bits per heavy atom. The van der Waals surface area contributed by atoms with Gasteiger partial charge in [-0.05, 0) is 55.3 Å². The van der Waals surface area contributed by atoms with Crippen LogP contribution in [0.25, 0.3) is 17.0 Å². The van der Waals surface area contributed by atoms with Gasteiger partial charge >= 0.3 is 5.97 Å². The van der Waals surface area contributed by atoms with E-state index >= 15 is 0 Å². The molecule has 2 aromatic carbocycles. The highest BCUT2D eigenvalue weighted by atomic mass is 19.1. The van der Waals surface area contributed by atoms with E-state index in [-0.39, 0.29) is 18.2 Å². The van der Waals surface area contributed by atoms with Crippen molar-refractivity contribution >= 4 is 34.3 Å². The Morgan fingerprint density at radius 2 is 1.82 bits per heavy atom. The largest absolute Gasteiger partial charge is 0.481 e. The Kier molecular flexibility index (Phi) is 6.90. The zero-order valence-electron chi connectivity index (χ0n) is 18.7. The molecule has 1 aliphatic carbocycles. The Bertz CT molecular complexity index is 1230. The lowest BCUT2D eigenvalue weighted by atomic mass is 9.99. The lowest BCUT2D eigenvalue weighted by molar-refractivity contribution is -0.139. The maximum atomic E-state index is 14.3. The number of hydrogen-bond donors (Lipinski definition) is 3. The second kappa shape index (κ2) is 9.87. The van der Waals surface area contributed by atoms with Crippen LogP contribution in [0.2, 0.25) is 0 Å². The molecule has 4 rings (SSSR count). The number of aliphatic hydroxyl groups excluding tert-OH is 2. The van der Waals surface area contributed by atoms with Crippen LogP contribution in [-0.4, -0.2) is 45.5 Å². The molecule has 0 bridgehead atoms. The molecule has 0 saturated heterocycles. The van der Waals surface area contributed by atoms with Gasteiger partial charge in [0.25, 0.3) is 0 Å². The zero-order chi connectivity index (χ0) is 24.4. The van der Waals surface area contributed by atoms with Crippen molar-refractivity contribution in [3.8, 4) is 0 Å². The summed E-state index contributed by atoms with van der Waals surface area (Å²) in [4.78, 5) is 17.4. The summed E-state index contributed by atoms with van der Waals surface area (Å²) >= 11 is 0. The van der Waals surface area contributed by atoms with Gasteiger partial charge in [0.1, 0.15) is 11.6 Å². The van der Waals surface area contributed by atoms with Gasteiger partial charge in [0.15, 0.2) is 0 Å². The number of carbonyl (C=O) groups is 1. The lowest BCUT2D eigenvalue weighted by Crippen LogP contribution is -2.19. The SMILES string of the molecule is CN(c1ccc(F)cc1)c1c(/C=C/[C@@H](O)C[C@@H](O)CC(=O)O)c(C2CC2)nc2ccc(F)cc12. The van der Waals surface area contributed by atoms with Gasteiger partial charge in [-0.1, -0.05) is 12.2 Å². The van der Waals surface area contributed by atoms with E-state index in [0.29, 0.717) is 27.8 Å². The number of fused-ring (bicyclic) bond motifs is 1. The molecule has 2 atom stereocenters. The number of carboxylic acid groups (broad SMARTS) is 1. The molecule has 1 heterocycles. The van der Waals surface area contributed by atoms with E-state index in [1.165, 1.54) is 30.3 Å². The van der Waals surface area contributed by atoms with Crippen LogP contribution < -0.4 is 4.90 Å². The molecule has 8 heteroatoms. The quantitative estimate of drug-likeness (QED) is 0.419. The maximum Gasteiger partial charge on any atom is 0.305 e. The highest BCUT2D eigenvalue weighted by Crippen LogP contribution is 2.46. The number of rotatable bonds is 9. The van der Waals surface area contributed by atoms with E-state index in [0.717, 1.165) is 18.5 Å². The Hall–Kier alpha value is -3.36. The van der Waals surface area contributed by atoms with Crippen LogP contribution in [0.5, 0.6) is 0 Å². The summed E-state index contributed by atoms with van der Waals surface area (Å²) in [5.41, 5.74) is 3.48. The molecule has 1 saturated carbocycles. The first-order valence-corrected chi connectivity index (χ1v) is 11.1. The van der Waals surface area contributed by atoms with E-state index in [9.17, 15) is 23.8 Å². The smallest absolute Gasteiger partial charge is 0.305 e. The minimum atomic E-state index is -1.19. The van der Waals surface area contributed by atoms with Crippen LogP contribution in [0.15, 0.2) is 48.5 Å². The third-order valence-corrected chi connectivity index (χ3v) is 5.91. The highest BCUT2D eigenvalue weighted by molar-refractivity contribution is 5.99. The first kappa shape index (κ1) is 23.8. The van der Waals surface area contributed by atoms with Gasteiger partial charge in [-0.25, -0.2) is 8.78 Å². The monoisotopic (exact) mass is 468 g/mol. The van der Waals surface area contributed by atoms with E-state index in [4.69, 9.17) is 10.1 Å². The number of aromatic nitrogens is 1. The molecular weight excluding hydrogens is 442 g/mol. The summed E-state index contributed by atoms with van der Waals surface area (Å²) in [6.07, 6.45) is 2.21. The van der Waals surface area contributed by atoms with Crippen molar-refractivity contribution in [2.24, 2.45) is 0 Å². The summed E-state index contributed by atoms with van der Waals surface area (Å²) in [6, 6.07) is 10.3. The van der Waals surface area contributed by atoms with Crippen molar-refractivity contribution in [3.05, 3.63) is 71.4 Å². The number of anilines is 2. The molecule has 1 fully saturated rings. The molecule has 3 N–H and O–H groups in total. The molecule has 0 radical (unpaired) electrons. The summed E-state index contributed by atoms with van der Waals surface area (Å²) in [5, 5.41) is 29.6. The summed E-state index contributed by atoms with van der Waals surface area (Å²) in [5.74, 6) is -1.72. The van der Waals surface area contributed by atoms with Crippen LogP contribution in [0, 0.1) is 11.6 Å². The summed E-state index contributed by atoms with van der Waals surface area (Å²) in [7, 11) is 1.80. The lowest BCUT2D eigenvalue weighted by Gasteiger charge is -2.25. The predicted octanol–water partition coefficient (Wildman–Crippen LogP) is 4.76. The summed E-state index contributed by atoms with van der Waals surface area (Å²) < 4.78 is 27.8. The molecule has 1 aliphatic rings. The number of benzene rings is 2. The van der Waals surface area contributed by atoms with Crippen molar-refractivity contribution in [2.75, 3.05) is 11.9 Å². The number of nitrogens with zero attached hydrogens (tertiary/aromatic N) is 2. The average Bonchev–Trinajstić information content (AvgIpc) is 3.61. The second-order valence-electron chi connectivity index (χ2n) is 8.64. The molecular formula is C26H26F2N2O4. The van der Waals surface area contributed by atoms with E-state index < -0.39 is 30.4 Å². The molecule has 0 amide bonds. The van der Waals surface area contributed by atoms with E-state index in [1.54, 1.807) is 31.3 Å². The normalized spacial score (nSPS) is 15.6. The number of halogens is 2. The molecule has 0 unspecified atom stereocenters. The highest BCUT2D eigenvalue weighted by Gasteiger charge is 2.30. The van der Waals surface area contributed by atoms with Gasteiger partial charge in [-0.3, -0.25) is 9.78 Å². The van der Waals surface area contributed by atoms with Crippen molar-refractivity contribution < 1.29 is 28.9 Å². The molecule has 6 nitrogen and oxygen atoms in total. The van der Waals surface area contributed by atoms with Gasteiger partial charge in [0, 0.05) is 36.0 Å². The number of aliphatic hydroxyl groups is 2. The van der Waals surface area contributed by atoms with Crippen LogP contribution in [-0.2, 0) is 4.79 Å². The molecule has 3 aromatic rings. The first-order valence-electron chi connectivity index (χ1n) is 11.1. The van der Waals surface area contributed by atoms with Crippen molar-refractivity contribution in [1.82, 2.24) is 4.98 Å². The predicted molar refractivity (Wildman–Crippen MR) is 126 cm³/mol. The van der Waals surface area contributed by atoms with E-state index in [1.807, 2.05) is 4.90 Å². The van der Waals surface area contributed by atoms with Crippen LogP contribution in [0.4, 0.5) is 20.2 Å². The maximum absolute atomic E-state index is 14.3. The average molecular weight is 469 g/mol. The second-order valence-corrected chi connectivity index (χ2v) is 8.64. The van der Waals surface area contributed by atoms with Crippen LogP contribution >= 0.6 is 0 Å². The number of carboxylic acids is 1. The number of pyridine rings is 1. The molecule has 178 valence electrons. The molecule has 0 aliphatic heterocycles. The molecule has 34 heavy (non-hydrogen) atoms. The van der Waals surface area contributed by atoms with E-state index in [2.05, 4.69) is 0 Å². The van der Waals surface area contributed by atoms with Gasteiger partial charge < -0.3 is 20.2 Å². The van der Waals surface area contributed by atoms with Gasteiger partial charge in [0.2, 0.25) is 0 Å². The van der Waals surface area contributed by atoms with Gasteiger partial charge in [0.05, 0.1) is 35.5 Å². The zero-order valence-corrected chi connectivity index (χ0v) is 18.7. The minimum Gasteiger partial charge on any atom is -0.481 e. The Morgan fingerprint density at radius 1 is 1.15 bits per heavy atom. The van der Waals surface area contributed by atoms with Crippen molar-refractivity contribution in [3.63, 3.8) is 0 Å². The Labute approximate surface area is 195 Å². The minimum absolute atomic E-state index is 0.139. The third-order valence-electron chi connectivity index (χ3n) is 5.91. The fourth-order valence-corrected chi connectivity index (χ4v) is 4.09. The van der Waals surface area contributed by atoms with Crippen molar-refractivity contribution in [1.29, 1.82) is 0 Å². The fourth-order valence-electron chi connectivity index (χ4n) is 4.09. The molecule has 0 spiro atoms. The van der Waals surface area contributed by atoms with Crippen LogP contribution in [0.1, 0.15) is 42.9 Å².